The van der Waals surface area contributed by atoms with E-state index in [1.165, 1.54) is 6.20 Å². The minimum absolute atomic E-state index is 0.0726. The third-order valence-electron chi connectivity index (χ3n) is 6.72. The molecule has 9 nitrogen and oxygen atoms in total. The number of halogens is 2. The van der Waals surface area contributed by atoms with Crippen molar-refractivity contribution in [3.8, 4) is 17.0 Å². The highest BCUT2D eigenvalue weighted by Gasteiger charge is 2.23. The predicted octanol–water partition coefficient (Wildman–Crippen LogP) is 5.36. The first-order valence-corrected chi connectivity index (χ1v) is 14.5. The van der Waals surface area contributed by atoms with Crippen LogP contribution < -0.4 is 15.0 Å². The molecule has 1 amide bonds. The van der Waals surface area contributed by atoms with Crippen molar-refractivity contribution in [1.29, 1.82) is 0 Å². The lowest BCUT2D eigenvalue weighted by Crippen LogP contribution is -2.48. The molecule has 2 aromatic carbocycles. The molecule has 0 radical (unpaired) electrons. The quantitative estimate of drug-likeness (QED) is 0.311. The fourth-order valence-electron chi connectivity index (χ4n) is 4.70. The summed E-state index contributed by atoms with van der Waals surface area (Å²) in [5.41, 5.74) is 3.54. The van der Waals surface area contributed by atoms with E-state index in [0.29, 0.717) is 65.1 Å². The number of fused-ring (bicyclic) bond motifs is 1. The van der Waals surface area contributed by atoms with Gasteiger partial charge in [0.25, 0.3) is 0 Å². The van der Waals surface area contributed by atoms with Crippen molar-refractivity contribution < 1.29 is 13.7 Å². The summed E-state index contributed by atoms with van der Waals surface area (Å²) in [6, 6.07) is 11.4. The minimum atomic E-state index is -1.22. The highest BCUT2D eigenvalue weighted by Crippen LogP contribution is 2.39. The van der Waals surface area contributed by atoms with Crippen LogP contribution in [0.4, 0.5) is 17.3 Å². The number of methoxy groups -OCH3 is 1. The lowest BCUT2D eigenvalue weighted by atomic mass is 10.1. The number of piperazine rings is 1. The Hall–Kier alpha value is -3.34. The summed E-state index contributed by atoms with van der Waals surface area (Å²) in [4.78, 5) is 24.7. The number of rotatable bonds is 7. The van der Waals surface area contributed by atoms with E-state index >= 15 is 0 Å². The van der Waals surface area contributed by atoms with E-state index in [0.717, 1.165) is 22.2 Å². The van der Waals surface area contributed by atoms with Gasteiger partial charge in [0.15, 0.2) is 0 Å². The van der Waals surface area contributed by atoms with Crippen molar-refractivity contribution in [2.45, 2.75) is 13.8 Å². The van der Waals surface area contributed by atoms with Crippen molar-refractivity contribution in [1.82, 2.24) is 18.8 Å². The molecule has 12 heteroatoms. The Kier molecular flexibility index (Phi) is 7.97. The van der Waals surface area contributed by atoms with Gasteiger partial charge in [0.05, 0.1) is 45.9 Å². The molecule has 3 heterocycles. The zero-order chi connectivity index (χ0) is 27.7. The molecule has 0 saturated carbocycles. The molecule has 0 bridgehead atoms. The molecule has 2 aromatic heterocycles. The maximum atomic E-state index is 12.7. The average Bonchev–Trinajstić information content (AvgIpc) is 3.33. The Morgan fingerprint density at radius 3 is 2.56 bits per heavy atom. The maximum absolute atomic E-state index is 12.7. The van der Waals surface area contributed by atoms with E-state index in [-0.39, 0.29) is 5.91 Å². The second-order valence-corrected chi connectivity index (χ2v) is 11.4. The fraction of sp³-hybridized carbons (Fsp3) is 0.296. The van der Waals surface area contributed by atoms with Gasteiger partial charge in [-0.2, -0.15) is 0 Å². The van der Waals surface area contributed by atoms with Crippen LogP contribution in [0.2, 0.25) is 10.0 Å². The first kappa shape index (κ1) is 27.2. The first-order valence-electron chi connectivity index (χ1n) is 12.5. The smallest absolute Gasteiger partial charge is 0.227 e. The van der Waals surface area contributed by atoms with Gasteiger partial charge in [0.2, 0.25) is 11.9 Å². The maximum Gasteiger partial charge on any atom is 0.227 e. The van der Waals surface area contributed by atoms with Gasteiger partial charge in [-0.3, -0.25) is 8.77 Å². The molecule has 0 spiro atoms. The summed E-state index contributed by atoms with van der Waals surface area (Å²) in [5, 5.41) is 5.01. The zero-order valence-corrected chi connectivity index (χ0v) is 24.1. The minimum Gasteiger partial charge on any atom is -0.494 e. The molecule has 1 aliphatic heterocycles. The molecular weight excluding hydrogens is 559 g/mol. The van der Waals surface area contributed by atoms with Crippen molar-refractivity contribution >= 4 is 68.3 Å². The van der Waals surface area contributed by atoms with E-state index in [9.17, 15) is 9.00 Å². The summed E-state index contributed by atoms with van der Waals surface area (Å²) >= 11 is 13.3. The number of hydrogen-bond acceptors (Lipinski definition) is 7. The molecule has 5 rings (SSSR count). The van der Waals surface area contributed by atoms with Crippen LogP contribution >= 0.6 is 23.2 Å². The molecule has 39 heavy (non-hydrogen) atoms. The van der Waals surface area contributed by atoms with Crippen molar-refractivity contribution in [3.05, 3.63) is 58.8 Å². The molecule has 4 aromatic rings. The molecule has 1 atom stereocenters. The Morgan fingerprint density at radius 2 is 1.87 bits per heavy atom. The van der Waals surface area contributed by atoms with E-state index < -0.39 is 11.0 Å². The third kappa shape index (κ3) is 5.41. The van der Waals surface area contributed by atoms with Crippen molar-refractivity contribution in [2.75, 3.05) is 49.3 Å². The third-order valence-corrected chi connectivity index (χ3v) is 8.54. The average molecular weight is 588 g/mol. The molecule has 1 N–H and O–H groups in total. The normalized spacial score (nSPS) is 14.5. The number of benzene rings is 2. The van der Waals surface area contributed by atoms with Gasteiger partial charge in [0.1, 0.15) is 16.7 Å². The van der Waals surface area contributed by atoms with Crippen LogP contribution in [-0.4, -0.2) is 68.0 Å². The largest absolute Gasteiger partial charge is 0.494 e. The summed E-state index contributed by atoms with van der Waals surface area (Å²) in [6.07, 6.45) is 3.35. The standard InChI is InChI=1S/C27H28Cl2N6O3S/c1-4-39(37)35-16-19(18-7-5-6-8-23(18)35)26-21(29)15-30-27(32-26)31-22-13-20(28)24(14-25(22)38-3)34-11-9-33(10-12-34)17(2)36/h5-8,13-16H,4,9-12H2,1-3H3,(H,30,31,32). The number of nitrogens with zero attached hydrogens (tertiary/aromatic N) is 5. The molecule has 0 aliphatic carbocycles. The highest BCUT2D eigenvalue weighted by molar-refractivity contribution is 7.83. The number of hydrogen-bond donors (Lipinski definition) is 1. The molecular formula is C27H28Cl2N6O3S. The number of para-hydroxylation sites is 1. The Morgan fingerprint density at radius 1 is 1.13 bits per heavy atom. The van der Waals surface area contributed by atoms with Crippen LogP contribution in [0.3, 0.4) is 0 Å². The molecule has 1 fully saturated rings. The van der Waals surface area contributed by atoms with E-state index in [4.69, 9.17) is 32.9 Å². The van der Waals surface area contributed by atoms with Crippen molar-refractivity contribution in [3.63, 3.8) is 0 Å². The van der Waals surface area contributed by atoms with Gasteiger partial charge < -0.3 is 19.9 Å². The van der Waals surface area contributed by atoms with Gasteiger partial charge in [-0.1, -0.05) is 48.3 Å². The first-order chi connectivity index (χ1) is 18.8. The number of anilines is 3. The Labute approximate surface area is 239 Å². The zero-order valence-electron chi connectivity index (χ0n) is 21.8. The van der Waals surface area contributed by atoms with Gasteiger partial charge in [-0.25, -0.2) is 14.2 Å². The number of amides is 1. The van der Waals surface area contributed by atoms with E-state index in [1.807, 2.05) is 48.4 Å². The van der Waals surface area contributed by atoms with Gasteiger partial charge in [-0.15, -0.1) is 0 Å². The summed E-state index contributed by atoms with van der Waals surface area (Å²) < 4.78 is 20.1. The topological polar surface area (TPSA) is 92.6 Å². The lowest BCUT2D eigenvalue weighted by molar-refractivity contribution is -0.129. The van der Waals surface area contributed by atoms with Crippen LogP contribution in [0.5, 0.6) is 5.75 Å². The van der Waals surface area contributed by atoms with Crippen LogP contribution in [0.15, 0.2) is 48.8 Å². The summed E-state index contributed by atoms with van der Waals surface area (Å²) in [6.45, 7) is 6.08. The second kappa shape index (κ2) is 11.4. The predicted molar refractivity (Wildman–Crippen MR) is 158 cm³/mol. The van der Waals surface area contributed by atoms with Crippen LogP contribution in [0.25, 0.3) is 22.2 Å². The second-order valence-electron chi connectivity index (χ2n) is 9.01. The molecule has 1 unspecified atom stereocenters. The van der Waals surface area contributed by atoms with Crippen LogP contribution in [-0.2, 0) is 15.8 Å². The number of nitrogens with one attached hydrogen (secondary N) is 1. The lowest BCUT2D eigenvalue weighted by Gasteiger charge is -2.36. The number of ether oxygens (including phenoxy) is 1. The van der Waals surface area contributed by atoms with Gasteiger partial charge >= 0.3 is 0 Å². The molecule has 204 valence electrons. The van der Waals surface area contributed by atoms with Crippen LogP contribution in [0, 0.1) is 0 Å². The Balaban J connectivity index is 1.47. The number of carbonyl (C=O) groups is 1. The highest BCUT2D eigenvalue weighted by atomic mass is 35.5. The van der Waals surface area contributed by atoms with E-state index in [1.54, 1.807) is 24.1 Å². The molecule has 1 saturated heterocycles. The SMILES string of the molecule is CCS(=O)n1cc(-c2nc(Nc3cc(Cl)c(N4CCN(C(C)=O)CC4)cc3OC)ncc2Cl)c2ccccc21. The van der Waals surface area contributed by atoms with Gasteiger partial charge in [-0.05, 0) is 12.1 Å². The number of carbonyl (C=O) groups excluding carboxylic acids is 1. The van der Waals surface area contributed by atoms with Crippen LogP contribution in [0.1, 0.15) is 13.8 Å². The molecule has 1 aliphatic rings. The van der Waals surface area contributed by atoms with E-state index in [2.05, 4.69) is 15.2 Å². The number of aromatic nitrogens is 3. The van der Waals surface area contributed by atoms with Crippen molar-refractivity contribution in [2.24, 2.45) is 0 Å². The monoisotopic (exact) mass is 586 g/mol. The Bertz CT molecular complexity index is 1570. The summed E-state index contributed by atoms with van der Waals surface area (Å²) in [5.74, 6) is 1.42. The fourth-order valence-corrected chi connectivity index (χ4v) is 6.05. The summed E-state index contributed by atoms with van der Waals surface area (Å²) in [7, 11) is 0.369. The van der Waals surface area contributed by atoms with Gasteiger partial charge in [0, 0.05) is 62.1 Å².